The molecule has 0 radical (unpaired) electrons. The lowest BCUT2D eigenvalue weighted by Gasteiger charge is -2.20. The van der Waals surface area contributed by atoms with E-state index in [0.29, 0.717) is 23.5 Å². The Morgan fingerprint density at radius 2 is 1.96 bits per heavy atom. The normalized spacial score (nSPS) is 10.2. The topological polar surface area (TPSA) is 91.5 Å². The van der Waals surface area contributed by atoms with Crippen LogP contribution in [0, 0.1) is 0 Å². The van der Waals surface area contributed by atoms with Crippen LogP contribution in [0.4, 0.5) is 5.69 Å². The number of rotatable bonds is 7. The number of nitrogens with zero attached hydrogens (tertiary/aromatic N) is 1. The number of anilines is 1. The van der Waals surface area contributed by atoms with Crippen LogP contribution in [-0.4, -0.2) is 47.7 Å². The first-order valence-electron chi connectivity index (χ1n) is 7.87. The number of H-pyrrole nitrogens is 1. The van der Waals surface area contributed by atoms with Crippen molar-refractivity contribution in [2.24, 2.45) is 0 Å². The SMILES string of the molecule is CCN(CC(=O)Nc1ccccc1OC)C(=O)c1cc(C(C)=O)c[nH]1. The van der Waals surface area contributed by atoms with Gasteiger partial charge >= 0.3 is 0 Å². The minimum atomic E-state index is -0.342. The number of carbonyl (C=O) groups is 3. The molecule has 2 aromatic rings. The summed E-state index contributed by atoms with van der Waals surface area (Å²) in [5.41, 5.74) is 1.24. The molecule has 0 aliphatic carbocycles. The average molecular weight is 343 g/mol. The van der Waals surface area contributed by atoms with Crippen molar-refractivity contribution in [1.82, 2.24) is 9.88 Å². The quantitative estimate of drug-likeness (QED) is 0.755. The van der Waals surface area contributed by atoms with Gasteiger partial charge in [-0.1, -0.05) is 12.1 Å². The zero-order chi connectivity index (χ0) is 18.4. The number of hydrogen-bond donors (Lipinski definition) is 2. The van der Waals surface area contributed by atoms with Gasteiger partial charge in [-0.15, -0.1) is 0 Å². The standard InChI is InChI=1S/C18H21N3O4/c1-4-21(18(24)15-9-13(10-19-15)12(2)22)11-17(23)20-14-7-5-6-8-16(14)25-3/h5-10,19H,4,11H2,1-3H3,(H,20,23). The van der Waals surface area contributed by atoms with Crippen molar-refractivity contribution in [2.45, 2.75) is 13.8 Å². The molecule has 2 amide bonds. The molecule has 0 unspecified atom stereocenters. The molecule has 0 saturated heterocycles. The molecular weight excluding hydrogens is 322 g/mol. The number of carbonyl (C=O) groups excluding carboxylic acids is 3. The Morgan fingerprint density at radius 3 is 2.56 bits per heavy atom. The first-order valence-corrected chi connectivity index (χ1v) is 7.87. The third-order valence-corrected chi connectivity index (χ3v) is 3.70. The third kappa shape index (κ3) is 4.47. The summed E-state index contributed by atoms with van der Waals surface area (Å²) in [5.74, 6) is -0.267. The molecule has 0 bridgehead atoms. The second-order valence-electron chi connectivity index (χ2n) is 5.43. The van der Waals surface area contributed by atoms with E-state index >= 15 is 0 Å². The summed E-state index contributed by atoms with van der Waals surface area (Å²) in [7, 11) is 1.52. The maximum absolute atomic E-state index is 12.5. The minimum absolute atomic E-state index is 0.109. The molecule has 2 N–H and O–H groups in total. The van der Waals surface area contributed by atoms with E-state index < -0.39 is 0 Å². The molecule has 0 atom stereocenters. The molecule has 1 heterocycles. The Labute approximate surface area is 146 Å². The van der Waals surface area contributed by atoms with Crippen LogP contribution in [0.1, 0.15) is 34.7 Å². The van der Waals surface area contributed by atoms with Gasteiger partial charge in [-0.25, -0.2) is 0 Å². The monoisotopic (exact) mass is 343 g/mol. The van der Waals surface area contributed by atoms with Gasteiger partial charge in [0.1, 0.15) is 18.0 Å². The molecule has 1 aromatic carbocycles. The molecule has 132 valence electrons. The second-order valence-corrected chi connectivity index (χ2v) is 5.43. The number of para-hydroxylation sites is 2. The van der Waals surface area contributed by atoms with Crippen molar-refractivity contribution in [3.05, 3.63) is 47.8 Å². The lowest BCUT2D eigenvalue weighted by molar-refractivity contribution is -0.116. The molecule has 0 saturated carbocycles. The average Bonchev–Trinajstić information content (AvgIpc) is 3.10. The lowest BCUT2D eigenvalue weighted by Crippen LogP contribution is -2.38. The van der Waals surface area contributed by atoms with E-state index in [4.69, 9.17) is 4.74 Å². The van der Waals surface area contributed by atoms with Crippen LogP contribution in [0.15, 0.2) is 36.5 Å². The molecule has 7 nitrogen and oxygen atoms in total. The van der Waals surface area contributed by atoms with Gasteiger partial charge in [-0.05, 0) is 32.0 Å². The number of aromatic nitrogens is 1. The summed E-state index contributed by atoms with van der Waals surface area (Å²) in [6.45, 7) is 3.45. The zero-order valence-corrected chi connectivity index (χ0v) is 14.5. The van der Waals surface area contributed by atoms with Crippen LogP contribution in [-0.2, 0) is 4.79 Å². The highest BCUT2D eigenvalue weighted by Gasteiger charge is 2.20. The fourth-order valence-corrected chi connectivity index (χ4v) is 2.33. The molecule has 0 fully saturated rings. The largest absolute Gasteiger partial charge is 0.495 e. The fraction of sp³-hybridized carbons (Fsp3) is 0.278. The Bertz CT molecular complexity index is 782. The van der Waals surface area contributed by atoms with Crippen molar-refractivity contribution in [3.63, 3.8) is 0 Å². The van der Waals surface area contributed by atoms with E-state index in [9.17, 15) is 14.4 Å². The Balaban J connectivity index is 2.06. The van der Waals surface area contributed by atoms with E-state index in [2.05, 4.69) is 10.3 Å². The van der Waals surface area contributed by atoms with Crippen molar-refractivity contribution in [1.29, 1.82) is 0 Å². The van der Waals surface area contributed by atoms with Gasteiger partial charge in [-0.3, -0.25) is 14.4 Å². The van der Waals surface area contributed by atoms with Crippen molar-refractivity contribution in [2.75, 3.05) is 25.5 Å². The lowest BCUT2D eigenvalue weighted by atomic mass is 10.2. The molecule has 0 spiro atoms. The summed E-state index contributed by atoms with van der Waals surface area (Å²) >= 11 is 0. The zero-order valence-electron chi connectivity index (χ0n) is 14.5. The van der Waals surface area contributed by atoms with E-state index in [1.165, 1.54) is 31.2 Å². The highest BCUT2D eigenvalue weighted by atomic mass is 16.5. The number of likely N-dealkylation sites (N-methyl/N-ethyl adjacent to an activating group) is 1. The van der Waals surface area contributed by atoms with E-state index in [1.54, 1.807) is 31.2 Å². The van der Waals surface area contributed by atoms with Crippen LogP contribution in [0.25, 0.3) is 0 Å². The van der Waals surface area contributed by atoms with Gasteiger partial charge in [0.15, 0.2) is 5.78 Å². The van der Waals surface area contributed by atoms with Gasteiger partial charge in [-0.2, -0.15) is 0 Å². The van der Waals surface area contributed by atoms with Crippen molar-refractivity contribution in [3.8, 4) is 5.75 Å². The molecule has 0 aliphatic rings. The number of benzene rings is 1. The summed E-state index contributed by atoms with van der Waals surface area (Å²) in [6, 6.07) is 8.53. The van der Waals surface area contributed by atoms with E-state index in [1.807, 2.05) is 0 Å². The number of amides is 2. The van der Waals surface area contributed by atoms with Crippen LogP contribution in [0.2, 0.25) is 0 Å². The van der Waals surface area contributed by atoms with Gasteiger partial charge in [0.05, 0.1) is 12.8 Å². The first-order chi connectivity index (χ1) is 12.0. The van der Waals surface area contributed by atoms with Gasteiger partial charge < -0.3 is 19.9 Å². The number of methoxy groups -OCH3 is 1. The predicted molar refractivity (Wildman–Crippen MR) is 94.0 cm³/mol. The maximum Gasteiger partial charge on any atom is 0.270 e. The highest BCUT2D eigenvalue weighted by molar-refractivity contribution is 6.01. The number of aromatic amines is 1. The summed E-state index contributed by atoms with van der Waals surface area (Å²) in [4.78, 5) is 40.3. The highest BCUT2D eigenvalue weighted by Crippen LogP contribution is 2.22. The van der Waals surface area contributed by atoms with Gasteiger partial charge in [0, 0.05) is 18.3 Å². The van der Waals surface area contributed by atoms with E-state index in [0.717, 1.165) is 0 Å². The number of ketones is 1. The second kappa shape index (κ2) is 8.14. The van der Waals surface area contributed by atoms with Gasteiger partial charge in [0.2, 0.25) is 5.91 Å². The molecule has 7 heteroatoms. The molecular formula is C18H21N3O4. The summed E-state index contributed by atoms with van der Waals surface area (Å²) in [6.07, 6.45) is 1.48. The molecule has 25 heavy (non-hydrogen) atoms. The van der Waals surface area contributed by atoms with Crippen molar-refractivity contribution < 1.29 is 19.1 Å². The molecule has 0 aliphatic heterocycles. The smallest absolute Gasteiger partial charge is 0.270 e. The van der Waals surface area contributed by atoms with Crippen LogP contribution < -0.4 is 10.1 Å². The Kier molecular flexibility index (Phi) is 5.94. The summed E-state index contributed by atoms with van der Waals surface area (Å²) < 4.78 is 5.19. The Hall–Kier alpha value is -3.09. The number of ether oxygens (including phenoxy) is 1. The first kappa shape index (κ1) is 18.3. The van der Waals surface area contributed by atoms with Crippen LogP contribution in [0.3, 0.4) is 0 Å². The number of nitrogens with one attached hydrogen (secondary N) is 2. The molecule has 2 rings (SSSR count). The maximum atomic E-state index is 12.5. The molecule has 1 aromatic heterocycles. The van der Waals surface area contributed by atoms with E-state index in [-0.39, 0.29) is 29.8 Å². The van der Waals surface area contributed by atoms with Crippen molar-refractivity contribution >= 4 is 23.3 Å². The fourth-order valence-electron chi connectivity index (χ4n) is 2.33. The number of hydrogen-bond acceptors (Lipinski definition) is 4. The number of Topliss-reactive ketones (excluding diaryl/α,β-unsaturated/α-hetero) is 1. The predicted octanol–water partition coefficient (Wildman–Crippen LogP) is 2.33. The van der Waals surface area contributed by atoms with Crippen LogP contribution >= 0.6 is 0 Å². The third-order valence-electron chi connectivity index (χ3n) is 3.70. The minimum Gasteiger partial charge on any atom is -0.495 e. The Morgan fingerprint density at radius 1 is 1.24 bits per heavy atom. The van der Waals surface area contributed by atoms with Gasteiger partial charge in [0.25, 0.3) is 5.91 Å². The van der Waals surface area contributed by atoms with Crippen LogP contribution in [0.5, 0.6) is 5.75 Å². The summed E-state index contributed by atoms with van der Waals surface area (Å²) in [5, 5.41) is 2.73.